The third-order valence-corrected chi connectivity index (χ3v) is 4.68. The molecule has 0 bridgehead atoms. The molecule has 1 aromatic heterocycles. The highest BCUT2D eigenvalue weighted by Crippen LogP contribution is 2.30. The molecule has 11 heteroatoms. The molecule has 2 aromatic carbocycles. The maximum atomic E-state index is 12.2. The van der Waals surface area contributed by atoms with Crippen LogP contribution in [0.1, 0.15) is 21.0 Å². The van der Waals surface area contributed by atoms with Crippen molar-refractivity contribution in [2.24, 2.45) is 0 Å². The average Bonchev–Trinajstić information content (AvgIpc) is 3.21. The number of amides is 2. The summed E-state index contributed by atoms with van der Waals surface area (Å²) in [5.41, 5.74) is 0.768. The molecular formula is C19H15Cl3N4O4. The van der Waals surface area contributed by atoms with Crippen LogP contribution >= 0.6 is 34.8 Å². The van der Waals surface area contributed by atoms with Crippen molar-refractivity contribution in [1.82, 2.24) is 20.8 Å². The molecule has 0 aliphatic rings. The van der Waals surface area contributed by atoms with Gasteiger partial charge >= 0.3 is 11.8 Å². The monoisotopic (exact) mass is 468 g/mol. The zero-order valence-corrected chi connectivity index (χ0v) is 17.8. The number of nitrogens with zero attached hydrogens (tertiary/aromatic N) is 2. The normalized spacial score (nSPS) is 10.5. The Bertz CT molecular complexity index is 1090. The van der Waals surface area contributed by atoms with Crippen LogP contribution in [0.25, 0.3) is 11.4 Å². The van der Waals surface area contributed by atoms with Gasteiger partial charge in [-0.15, -0.1) is 0 Å². The van der Waals surface area contributed by atoms with Gasteiger partial charge in [-0.1, -0.05) is 40.0 Å². The number of aromatic nitrogens is 2. The highest BCUT2D eigenvalue weighted by atomic mass is 35.5. The van der Waals surface area contributed by atoms with Crippen molar-refractivity contribution in [3.05, 3.63) is 62.9 Å². The number of ether oxygens (including phenoxy) is 1. The molecule has 0 atom stereocenters. The maximum Gasteiger partial charge on any atom is 0.316 e. The highest BCUT2D eigenvalue weighted by Gasteiger charge is 2.18. The SMILES string of the molecule is COc1ccc(Cl)cc1-c1noc(C(=O)NCCNC(=O)c2ccc(Cl)cc2Cl)n1. The molecule has 156 valence electrons. The van der Waals surface area contributed by atoms with Crippen LogP contribution in [-0.2, 0) is 0 Å². The molecule has 0 aliphatic heterocycles. The van der Waals surface area contributed by atoms with Crippen molar-refractivity contribution in [3.63, 3.8) is 0 Å². The van der Waals surface area contributed by atoms with Crippen molar-refractivity contribution in [2.75, 3.05) is 20.2 Å². The summed E-state index contributed by atoms with van der Waals surface area (Å²) in [6, 6.07) is 9.47. The minimum Gasteiger partial charge on any atom is -0.496 e. The number of hydrogen-bond acceptors (Lipinski definition) is 6. The van der Waals surface area contributed by atoms with Crippen molar-refractivity contribution >= 4 is 46.6 Å². The molecule has 8 nitrogen and oxygen atoms in total. The number of methoxy groups -OCH3 is 1. The minimum absolute atomic E-state index is 0.133. The second-order valence-corrected chi connectivity index (χ2v) is 7.18. The van der Waals surface area contributed by atoms with Crippen molar-refractivity contribution in [2.45, 2.75) is 0 Å². The summed E-state index contributed by atoms with van der Waals surface area (Å²) >= 11 is 17.8. The van der Waals surface area contributed by atoms with Gasteiger partial charge in [-0.05, 0) is 36.4 Å². The van der Waals surface area contributed by atoms with E-state index in [2.05, 4.69) is 20.8 Å². The first-order chi connectivity index (χ1) is 14.4. The smallest absolute Gasteiger partial charge is 0.316 e. The largest absolute Gasteiger partial charge is 0.496 e. The van der Waals surface area contributed by atoms with Crippen LogP contribution in [0.2, 0.25) is 15.1 Å². The first-order valence-corrected chi connectivity index (χ1v) is 9.71. The molecule has 0 aliphatic carbocycles. The second-order valence-electron chi connectivity index (χ2n) is 5.90. The molecule has 3 aromatic rings. The Morgan fingerprint density at radius 1 is 1.00 bits per heavy atom. The highest BCUT2D eigenvalue weighted by molar-refractivity contribution is 6.36. The van der Waals surface area contributed by atoms with E-state index in [1.807, 2.05) is 0 Å². The van der Waals surface area contributed by atoms with Crippen LogP contribution in [0.3, 0.4) is 0 Å². The quantitative estimate of drug-likeness (QED) is 0.509. The first kappa shape index (κ1) is 21.9. The number of rotatable bonds is 7. The van der Waals surface area contributed by atoms with Crippen LogP contribution in [0.4, 0.5) is 0 Å². The molecule has 3 rings (SSSR count). The lowest BCUT2D eigenvalue weighted by molar-refractivity contribution is 0.0898. The van der Waals surface area contributed by atoms with E-state index in [-0.39, 0.29) is 41.3 Å². The predicted octanol–water partition coefficient (Wildman–Crippen LogP) is 3.87. The van der Waals surface area contributed by atoms with Crippen molar-refractivity contribution in [3.8, 4) is 17.1 Å². The van der Waals surface area contributed by atoms with E-state index in [0.717, 1.165) is 0 Å². The Labute approximate surface area is 186 Å². The number of carbonyl (C=O) groups is 2. The van der Waals surface area contributed by atoms with Gasteiger partial charge in [0.2, 0.25) is 5.82 Å². The fourth-order valence-corrected chi connectivity index (χ4v) is 3.14. The topological polar surface area (TPSA) is 106 Å². The summed E-state index contributed by atoms with van der Waals surface area (Å²) in [6.45, 7) is 0.292. The van der Waals surface area contributed by atoms with Gasteiger partial charge in [0.15, 0.2) is 0 Å². The van der Waals surface area contributed by atoms with Gasteiger partial charge in [-0.3, -0.25) is 9.59 Å². The van der Waals surface area contributed by atoms with Crippen LogP contribution in [0, 0.1) is 0 Å². The molecule has 0 saturated heterocycles. The zero-order valence-electron chi connectivity index (χ0n) is 15.5. The standard InChI is InChI=1S/C19H15Cl3N4O4/c1-29-15-5-3-10(20)8-13(15)16-25-19(30-26-16)18(28)24-7-6-23-17(27)12-4-2-11(21)9-14(12)22/h2-5,8-9H,6-7H2,1H3,(H,23,27)(H,24,28). The maximum absolute atomic E-state index is 12.2. The number of nitrogens with one attached hydrogen (secondary N) is 2. The Morgan fingerprint density at radius 2 is 1.67 bits per heavy atom. The molecule has 0 unspecified atom stereocenters. The van der Waals surface area contributed by atoms with Crippen LogP contribution in [0.5, 0.6) is 5.75 Å². The summed E-state index contributed by atoms with van der Waals surface area (Å²) in [7, 11) is 1.49. The molecule has 2 amide bonds. The summed E-state index contributed by atoms with van der Waals surface area (Å²) in [6.07, 6.45) is 0. The van der Waals surface area contributed by atoms with Gasteiger partial charge in [-0.2, -0.15) is 4.98 Å². The fourth-order valence-electron chi connectivity index (χ4n) is 2.48. The van der Waals surface area contributed by atoms with E-state index in [4.69, 9.17) is 44.1 Å². The lowest BCUT2D eigenvalue weighted by Crippen LogP contribution is -2.34. The predicted molar refractivity (Wildman–Crippen MR) is 112 cm³/mol. The van der Waals surface area contributed by atoms with Crippen LogP contribution in [-0.4, -0.2) is 42.2 Å². The molecule has 0 saturated carbocycles. The Kier molecular flexibility index (Phi) is 7.15. The van der Waals surface area contributed by atoms with Gasteiger partial charge in [0, 0.05) is 23.1 Å². The van der Waals surface area contributed by atoms with Gasteiger partial charge in [0.1, 0.15) is 5.75 Å². The summed E-state index contributed by atoms with van der Waals surface area (Å²) in [5.74, 6) is -0.576. The number of benzene rings is 2. The summed E-state index contributed by atoms with van der Waals surface area (Å²) < 4.78 is 10.2. The number of hydrogen-bond donors (Lipinski definition) is 2. The lowest BCUT2D eigenvalue weighted by Gasteiger charge is -2.07. The lowest BCUT2D eigenvalue weighted by atomic mass is 10.2. The van der Waals surface area contributed by atoms with E-state index in [0.29, 0.717) is 21.4 Å². The van der Waals surface area contributed by atoms with Crippen molar-refractivity contribution in [1.29, 1.82) is 0 Å². The van der Waals surface area contributed by atoms with E-state index >= 15 is 0 Å². The summed E-state index contributed by atoms with van der Waals surface area (Å²) in [5, 5.41) is 10.1. The van der Waals surface area contributed by atoms with Gasteiger partial charge < -0.3 is 19.9 Å². The molecule has 0 spiro atoms. The third-order valence-electron chi connectivity index (χ3n) is 3.89. The average molecular weight is 470 g/mol. The molecular weight excluding hydrogens is 455 g/mol. The van der Waals surface area contributed by atoms with E-state index in [9.17, 15) is 9.59 Å². The third kappa shape index (κ3) is 5.21. The number of carbonyl (C=O) groups excluding carboxylic acids is 2. The van der Waals surface area contributed by atoms with Crippen LogP contribution in [0.15, 0.2) is 40.9 Å². The molecule has 1 heterocycles. The molecule has 0 fully saturated rings. The first-order valence-electron chi connectivity index (χ1n) is 8.58. The Balaban J connectivity index is 1.55. The van der Waals surface area contributed by atoms with E-state index < -0.39 is 5.91 Å². The van der Waals surface area contributed by atoms with E-state index in [1.54, 1.807) is 24.3 Å². The van der Waals surface area contributed by atoms with E-state index in [1.165, 1.54) is 19.2 Å². The zero-order chi connectivity index (χ0) is 21.7. The van der Waals surface area contributed by atoms with Crippen LogP contribution < -0.4 is 15.4 Å². The fraction of sp³-hybridized carbons (Fsp3) is 0.158. The molecule has 30 heavy (non-hydrogen) atoms. The Morgan fingerprint density at radius 3 is 2.37 bits per heavy atom. The van der Waals surface area contributed by atoms with Crippen molar-refractivity contribution < 1.29 is 18.8 Å². The van der Waals surface area contributed by atoms with Gasteiger partial charge in [0.05, 0.1) is 23.3 Å². The molecule has 2 N–H and O–H groups in total. The minimum atomic E-state index is -0.589. The molecule has 0 radical (unpaired) electrons. The summed E-state index contributed by atoms with van der Waals surface area (Å²) in [4.78, 5) is 28.4. The Hall–Kier alpha value is -2.81. The number of halogens is 3. The second kappa shape index (κ2) is 9.80. The van der Waals surface area contributed by atoms with Gasteiger partial charge in [0.25, 0.3) is 5.91 Å². The van der Waals surface area contributed by atoms with Gasteiger partial charge in [-0.25, -0.2) is 0 Å².